The number of nitrogens with two attached hydrogens (primary N) is 1. The molecule has 0 aliphatic heterocycles. The highest BCUT2D eigenvalue weighted by Crippen LogP contribution is 2.13. The minimum absolute atomic E-state index is 0.0324. The molecule has 0 radical (unpaired) electrons. The Kier molecular flexibility index (Phi) is 2.72. The number of hydrogen-bond donors (Lipinski definition) is 3. The maximum Gasteiger partial charge on any atom is 0.126 e. The topological polar surface area (TPSA) is 63.0 Å². The van der Waals surface area contributed by atoms with Gasteiger partial charge in [0.15, 0.2) is 0 Å². The van der Waals surface area contributed by atoms with Gasteiger partial charge in [-0.2, -0.15) is 0 Å². The summed E-state index contributed by atoms with van der Waals surface area (Å²) in [7, 11) is 0. The molecular weight excluding hydrogens is 164 g/mol. The van der Waals surface area contributed by atoms with Gasteiger partial charge in [-0.05, 0) is 32.9 Å². The van der Waals surface area contributed by atoms with E-state index in [0.717, 1.165) is 11.5 Å². The third kappa shape index (κ3) is 3.29. The van der Waals surface area contributed by atoms with E-state index in [1.807, 2.05) is 12.1 Å². The zero-order chi connectivity index (χ0) is 9.90. The first-order chi connectivity index (χ1) is 6.01. The fraction of sp³-hybridized carbons (Fsp3) is 0.444. The molecule has 13 heavy (non-hydrogen) atoms. The lowest BCUT2D eigenvalue weighted by atomic mass is 10.1. The Bertz CT molecular complexity index is 260. The predicted molar refractivity (Wildman–Crippen MR) is 55.4 cm³/mol. The summed E-state index contributed by atoms with van der Waals surface area (Å²) in [6.07, 6.45) is 1.69. The zero-order valence-electron chi connectivity index (χ0n) is 8.26. The minimum Gasteiger partial charge on any atom is -0.365 e. The Morgan fingerprint density at radius 3 is 2.38 bits per heavy atom. The number of rotatable bonds is 2. The highest BCUT2D eigenvalue weighted by molar-refractivity contribution is 5.47. The Morgan fingerprint density at radius 2 is 2.00 bits per heavy atom. The number of nitrogens with zero attached hydrogens (tertiary/aromatic N) is 1. The van der Waals surface area contributed by atoms with E-state index in [1.165, 1.54) is 0 Å². The normalized spacial score (nSPS) is 11.1. The van der Waals surface area contributed by atoms with Gasteiger partial charge in [0.25, 0.3) is 0 Å². The summed E-state index contributed by atoms with van der Waals surface area (Å²) in [5, 5.41) is 3.25. The highest BCUT2D eigenvalue weighted by atomic mass is 15.2. The number of aromatic nitrogens is 1. The van der Waals surface area contributed by atoms with E-state index in [-0.39, 0.29) is 5.54 Å². The third-order valence-corrected chi connectivity index (χ3v) is 1.43. The largest absolute Gasteiger partial charge is 0.365 e. The van der Waals surface area contributed by atoms with Crippen LogP contribution in [0.4, 0.5) is 11.5 Å². The van der Waals surface area contributed by atoms with Crippen LogP contribution in [0.15, 0.2) is 18.3 Å². The monoisotopic (exact) mass is 180 g/mol. The van der Waals surface area contributed by atoms with Crippen LogP contribution in [-0.4, -0.2) is 10.5 Å². The van der Waals surface area contributed by atoms with Crippen LogP contribution in [0, 0.1) is 0 Å². The second-order valence-electron chi connectivity index (χ2n) is 3.95. The summed E-state index contributed by atoms with van der Waals surface area (Å²) in [4.78, 5) is 4.18. The molecule has 0 unspecified atom stereocenters. The molecular formula is C9H16N4. The molecule has 0 saturated carbocycles. The molecule has 4 heteroatoms. The van der Waals surface area contributed by atoms with Crippen LogP contribution < -0.4 is 16.6 Å². The van der Waals surface area contributed by atoms with Gasteiger partial charge in [0, 0.05) is 5.54 Å². The number of pyridine rings is 1. The van der Waals surface area contributed by atoms with Crippen molar-refractivity contribution >= 4 is 11.5 Å². The van der Waals surface area contributed by atoms with E-state index in [9.17, 15) is 0 Å². The van der Waals surface area contributed by atoms with Crippen molar-refractivity contribution in [1.82, 2.24) is 4.98 Å². The maximum absolute atomic E-state index is 5.22. The molecule has 0 amide bonds. The molecule has 1 aromatic heterocycles. The second kappa shape index (κ2) is 3.62. The lowest BCUT2D eigenvalue weighted by Crippen LogP contribution is -2.26. The Balaban J connectivity index is 2.70. The van der Waals surface area contributed by atoms with Gasteiger partial charge in [-0.1, -0.05) is 0 Å². The molecule has 0 spiro atoms. The standard InChI is InChI=1S/C9H16N4/c1-9(2,3)12-8-5-4-7(13-10)6-11-8/h4-6,13H,10H2,1-3H3,(H,11,12). The van der Waals surface area contributed by atoms with Gasteiger partial charge in [0.05, 0.1) is 11.9 Å². The van der Waals surface area contributed by atoms with Crippen molar-refractivity contribution in [3.05, 3.63) is 18.3 Å². The van der Waals surface area contributed by atoms with Crippen molar-refractivity contribution in [3.63, 3.8) is 0 Å². The molecule has 0 aromatic carbocycles. The quantitative estimate of drug-likeness (QED) is 0.477. The average molecular weight is 180 g/mol. The Hall–Kier alpha value is -1.29. The second-order valence-corrected chi connectivity index (χ2v) is 3.95. The van der Waals surface area contributed by atoms with Crippen LogP contribution in [0.5, 0.6) is 0 Å². The van der Waals surface area contributed by atoms with Crippen LogP contribution >= 0.6 is 0 Å². The smallest absolute Gasteiger partial charge is 0.126 e. The van der Waals surface area contributed by atoms with Gasteiger partial charge in [-0.25, -0.2) is 4.98 Å². The van der Waals surface area contributed by atoms with E-state index in [1.54, 1.807) is 6.20 Å². The molecule has 0 aliphatic carbocycles. The van der Waals surface area contributed by atoms with Crippen molar-refractivity contribution < 1.29 is 0 Å². The van der Waals surface area contributed by atoms with Crippen LogP contribution in [0.25, 0.3) is 0 Å². The van der Waals surface area contributed by atoms with Crippen LogP contribution in [0.1, 0.15) is 20.8 Å². The summed E-state index contributed by atoms with van der Waals surface area (Å²) in [5.74, 6) is 6.07. The molecule has 0 bridgehead atoms. The van der Waals surface area contributed by atoms with Gasteiger partial charge >= 0.3 is 0 Å². The molecule has 1 aromatic rings. The van der Waals surface area contributed by atoms with E-state index in [2.05, 4.69) is 36.5 Å². The summed E-state index contributed by atoms with van der Waals surface area (Å²) >= 11 is 0. The fourth-order valence-electron chi connectivity index (χ4n) is 0.937. The molecule has 4 N–H and O–H groups in total. The molecule has 0 atom stereocenters. The van der Waals surface area contributed by atoms with Gasteiger partial charge in [-0.3, -0.25) is 5.84 Å². The molecule has 72 valence electrons. The van der Waals surface area contributed by atoms with Crippen LogP contribution in [0.3, 0.4) is 0 Å². The summed E-state index contributed by atoms with van der Waals surface area (Å²) in [5.41, 5.74) is 3.36. The molecule has 1 heterocycles. The van der Waals surface area contributed by atoms with Crippen molar-refractivity contribution in [2.75, 3.05) is 10.7 Å². The minimum atomic E-state index is 0.0324. The SMILES string of the molecule is CC(C)(C)Nc1ccc(NN)cn1. The Labute approximate surface area is 78.5 Å². The average Bonchev–Trinajstić information content (AvgIpc) is 2.03. The Morgan fingerprint density at radius 1 is 1.31 bits per heavy atom. The van der Waals surface area contributed by atoms with Gasteiger partial charge in [-0.15, -0.1) is 0 Å². The number of hydrogen-bond acceptors (Lipinski definition) is 4. The van der Waals surface area contributed by atoms with E-state index in [4.69, 9.17) is 5.84 Å². The molecule has 0 saturated heterocycles. The lowest BCUT2D eigenvalue weighted by Gasteiger charge is -2.21. The van der Waals surface area contributed by atoms with E-state index >= 15 is 0 Å². The third-order valence-electron chi connectivity index (χ3n) is 1.43. The number of nitrogens with one attached hydrogen (secondary N) is 2. The van der Waals surface area contributed by atoms with Crippen molar-refractivity contribution in [3.8, 4) is 0 Å². The van der Waals surface area contributed by atoms with Gasteiger partial charge in [0.1, 0.15) is 5.82 Å². The zero-order valence-corrected chi connectivity index (χ0v) is 8.26. The summed E-state index contributed by atoms with van der Waals surface area (Å²) in [6, 6.07) is 3.77. The number of anilines is 2. The predicted octanol–water partition coefficient (Wildman–Crippen LogP) is 1.58. The van der Waals surface area contributed by atoms with Gasteiger partial charge < -0.3 is 10.7 Å². The number of nitrogen functional groups attached to an aromatic ring is 1. The van der Waals surface area contributed by atoms with Crippen LogP contribution in [0.2, 0.25) is 0 Å². The fourth-order valence-corrected chi connectivity index (χ4v) is 0.937. The first-order valence-corrected chi connectivity index (χ1v) is 4.22. The molecule has 0 aliphatic rings. The summed E-state index contributed by atoms with van der Waals surface area (Å²) < 4.78 is 0. The lowest BCUT2D eigenvalue weighted by molar-refractivity contribution is 0.630. The first kappa shape index (κ1) is 9.80. The molecule has 0 fully saturated rings. The highest BCUT2D eigenvalue weighted by Gasteiger charge is 2.09. The van der Waals surface area contributed by atoms with Crippen molar-refractivity contribution in [1.29, 1.82) is 0 Å². The first-order valence-electron chi connectivity index (χ1n) is 4.22. The van der Waals surface area contributed by atoms with Crippen molar-refractivity contribution in [2.24, 2.45) is 5.84 Å². The summed E-state index contributed by atoms with van der Waals surface area (Å²) in [6.45, 7) is 6.26. The molecule has 1 rings (SSSR count). The van der Waals surface area contributed by atoms with E-state index in [0.29, 0.717) is 0 Å². The van der Waals surface area contributed by atoms with E-state index < -0.39 is 0 Å². The van der Waals surface area contributed by atoms with Crippen molar-refractivity contribution in [2.45, 2.75) is 26.3 Å². The molecule has 4 nitrogen and oxygen atoms in total. The van der Waals surface area contributed by atoms with Gasteiger partial charge in [0.2, 0.25) is 0 Å². The number of hydrazine groups is 1. The maximum atomic E-state index is 5.22. The van der Waals surface area contributed by atoms with Crippen LogP contribution in [-0.2, 0) is 0 Å².